The zero-order chi connectivity index (χ0) is 17.4. The summed E-state index contributed by atoms with van der Waals surface area (Å²) in [5.74, 6) is 0. The maximum atomic E-state index is 6.29. The molecule has 0 radical (unpaired) electrons. The van der Waals surface area contributed by atoms with Crippen LogP contribution >= 0.6 is 11.6 Å². The Morgan fingerprint density at radius 2 is 1.92 bits per heavy atom. The minimum Gasteiger partial charge on any atom is -0.379 e. The van der Waals surface area contributed by atoms with Crippen LogP contribution in [0, 0.1) is 6.92 Å². The molecule has 126 valence electrons. The summed E-state index contributed by atoms with van der Waals surface area (Å²) in [6.45, 7) is 2.54. The summed E-state index contributed by atoms with van der Waals surface area (Å²) in [6.07, 6.45) is 4.04. The molecule has 0 atom stereocenters. The highest BCUT2D eigenvalue weighted by Gasteiger charge is 2.10. The molecule has 0 saturated heterocycles. The van der Waals surface area contributed by atoms with E-state index < -0.39 is 0 Å². The largest absolute Gasteiger partial charge is 0.379 e. The fourth-order valence-electron chi connectivity index (χ4n) is 2.89. The standard InChI is InChI=1S/C19H18ClN5/c1-13-19(20)17(24(2)23-13)11-21-15-8-6-14(7-9-15)16-12-25-10-4-3-5-18(25)22-16/h3-10,12,21H,11H2,1-2H3. The number of benzene rings is 1. The summed E-state index contributed by atoms with van der Waals surface area (Å²) >= 11 is 6.29. The first-order valence-electron chi connectivity index (χ1n) is 8.08. The van der Waals surface area contributed by atoms with Gasteiger partial charge in [-0.3, -0.25) is 4.68 Å². The van der Waals surface area contributed by atoms with Gasteiger partial charge in [-0.05, 0) is 31.2 Å². The van der Waals surface area contributed by atoms with Crippen molar-refractivity contribution in [2.24, 2.45) is 7.05 Å². The number of aromatic nitrogens is 4. The molecule has 0 spiro atoms. The molecular weight excluding hydrogens is 334 g/mol. The second-order valence-electron chi connectivity index (χ2n) is 5.99. The number of halogens is 1. The van der Waals surface area contributed by atoms with E-state index in [0.717, 1.165) is 39.0 Å². The number of hydrogen-bond donors (Lipinski definition) is 1. The van der Waals surface area contributed by atoms with Gasteiger partial charge in [0.25, 0.3) is 0 Å². The molecule has 0 saturated carbocycles. The Bertz CT molecular complexity index is 997. The molecule has 0 bridgehead atoms. The molecule has 0 aliphatic carbocycles. The molecule has 1 aromatic carbocycles. The highest BCUT2D eigenvalue weighted by atomic mass is 35.5. The number of anilines is 1. The van der Waals surface area contributed by atoms with Crippen LogP contribution in [0.2, 0.25) is 5.02 Å². The first kappa shape index (κ1) is 15.7. The van der Waals surface area contributed by atoms with Gasteiger partial charge < -0.3 is 9.72 Å². The normalized spacial score (nSPS) is 11.2. The second-order valence-corrected chi connectivity index (χ2v) is 6.37. The van der Waals surface area contributed by atoms with Gasteiger partial charge in [0, 0.05) is 30.7 Å². The van der Waals surface area contributed by atoms with E-state index in [-0.39, 0.29) is 0 Å². The number of nitrogens with zero attached hydrogens (tertiary/aromatic N) is 4. The van der Waals surface area contributed by atoms with Crippen molar-refractivity contribution < 1.29 is 0 Å². The molecule has 4 aromatic rings. The van der Waals surface area contributed by atoms with Crippen LogP contribution in [0.15, 0.2) is 54.9 Å². The van der Waals surface area contributed by atoms with Crippen LogP contribution in [0.4, 0.5) is 5.69 Å². The van der Waals surface area contributed by atoms with E-state index in [0.29, 0.717) is 6.54 Å². The Morgan fingerprint density at radius 1 is 1.12 bits per heavy atom. The number of nitrogens with one attached hydrogen (secondary N) is 1. The lowest BCUT2D eigenvalue weighted by molar-refractivity contribution is 0.713. The van der Waals surface area contributed by atoms with E-state index in [9.17, 15) is 0 Å². The van der Waals surface area contributed by atoms with Crippen molar-refractivity contribution in [3.63, 3.8) is 0 Å². The molecule has 5 nitrogen and oxygen atoms in total. The van der Waals surface area contributed by atoms with E-state index >= 15 is 0 Å². The maximum Gasteiger partial charge on any atom is 0.137 e. The Kier molecular flexibility index (Phi) is 3.93. The molecule has 0 fully saturated rings. The average Bonchev–Trinajstić information content (AvgIpc) is 3.15. The molecule has 1 N–H and O–H groups in total. The number of fused-ring (bicyclic) bond motifs is 1. The van der Waals surface area contributed by atoms with Crippen molar-refractivity contribution in [1.82, 2.24) is 19.2 Å². The third-order valence-corrected chi connectivity index (χ3v) is 4.76. The summed E-state index contributed by atoms with van der Waals surface area (Å²) in [5.41, 5.74) is 5.85. The summed E-state index contributed by atoms with van der Waals surface area (Å²) in [4.78, 5) is 4.65. The van der Waals surface area contributed by atoms with E-state index in [2.05, 4.69) is 39.7 Å². The molecule has 0 amide bonds. The van der Waals surface area contributed by atoms with Gasteiger partial charge in [-0.2, -0.15) is 5.10 Å². The number of pyridine rings is 1. The molecule has 0 aliphatic rings. The van der Waals surface area contributed by atoms with Gasteiger partial charge in [0.1, 0.15) is 5.65 Å². The van der Waals surface area contributed by atoms with Crippen molar-refractivity contribution >= 4 is 22.9 Å². The fourth-order valence-corrected chi connectivity index (χ4v) is 3.12. The number of imidazole rings is 1. The molecule has 3 aromatic heterocycles. The topological polar surface area (TPSA) is 47.2 Å². The predicted molar refractivity (Wildman–Crippen MR) is 101 cm³/mol. The van der Waals surface area contributed by atoms with E-state index in [1.54, 1.807) is 0 Å². The number of hydrogen-bond acceptors (Lipinski definition) is 3. The van der Waals surface area contributed by atoms with Crippen LogP contribution in [0.3, 0.4) is 0 Å². The lowest BCUT2D eigenvalue weighted by Gasteiger charge is -2.08. The lowest BCUT2D eigenvalue weighted by atomic mass is 10.1. The monoisotopic (exact) mass is 351 g/mol. The minimum absolute atomic E-state index is 0.629. The average molecular weight is 352 g/mol. The van der Waals surface area contributed by atoms with Crippen LogP contribution in [0.1, 0.15) is 11.4 Å². The summed E-state index contributed by atoms with van der Waals surface area (Å²) in [6, 6.07) is 14.2. The van der Waals surface area contributed by atoms with Crippen LogP contribution in [-0.2, 0) is 13.6 Å². The number of aryl methyl sites for hydroxylation is 2. The summed E-state index contributed by atoms with van der Waals surface area (Å²) in [5, 5.41) is 8.44. The van der Waals surface area contributed by atoms with Crippen LogP contribution in [-0.4, -0.2) is 19.2 Å². The number of rotatable bonds is 4. The molecular formula is C19H18ClN5. The fraction of sp³-hybridized carbons (Fsp3) is 0.158. The summed E-state index contributed by atoms with van der Waals surface area (Å²) < 4.78 is 3.84. The second kappa shape index (κ2) is 6.26. The van der Waals surface area contributed by atoms with Crippen molar-refractivity contribution in [2.45, 2.75) is 13.5 Å². The highest BCUT2D eigenvalue weighted by molar-refractivity contribution is 6.31. The zero-order valence-corrected chi connectivity index (χ0v) is 14.8. The molecule has 4 rings (SSSR count). The van der Waals surface area contributed by atoms with Gasteiger partial charge in [-0.15, -0.1) is 0 Å². The van der Waals surface area contributed by atoms with E-state index in [1.807, 2.05) is 53.6 Å². The van der Waals surface area contributed by atoms with Crippen molar-refractivity contribution in [1.29, 1.82) is 0 Å². The molecule has 0 aliphatic heterocycles. The van der Waals surface area contributed by atoms with Gasteiger partial charge >= 0.3 is 0 Å². The Morgan fingerprint density at radius 3 is 2.60 bits per heavy atom. The van der Waals surface area contributed by atoms with Crippen molar-refractivity contribution in [3.8, 4) is 11.3 Å². The Balaban J connectivity index is 1.52. The van der Waals surface area contributed by atoms with Crippen LogP contribution in [0.5, 0.6) is 0 Å². The molecule has 3 heterocycles. The zero-order valence-electron chi connectivity index (χ0n) is 14.1. The first-order chi connectivity index (χ1) is 12.1. The molecule has 25 heavy (non-hydrogen) atoms. The van der Waals surface area contributed by atoms with Crippen molar-refractivity contribution in [2.75, 3.05) is 5.32 Å². The van der Waals surface area contributed by atoms with Crippen molar-refractivity contribution in [3.05, 3.63) is 71.3 Å². The van der Waals surface area contributed by atoms with Gasteiger partial charge in [-0.25, -0.2) is 4.98 Å². The Hall–Kier alpha value is -2.79. The highest BCUT2D eigenvalue weighted by Crippen LogP contribution is 2.23. The van der Waals surface area contributed by atoms with E-state index in [4.69, 9.17) is 11.6 Å². The smallest absolute Gasteiger partial charge is 0.137 e. The third-order valence-electron chi connectivity index (χ3n) is 4.27. The summed E-state index contributed by atoms with van der Waals surface area (Å²) in [7, 11) is 1.91. The quantitative estimate of drug-likeness (QED) is 0.596. The van der Waals surface area contributed by atoms with Gasteiger partial charge in [0.05, 0.1) is 28.6 Å². The predicted octanol–water partition coefficient (Wildman–Crippen LogP) is 4.31. The van der Waals surface area contributed by atoms with E-state index in [1.165, 1.54) is 0 Å². The Labute approximate surface area is 150 Å². The third kappa shape index (κ3) is 2.98. The lowest BCUT2D eigenvalue weighted by Crippen LogP contribution is -2.05. The van der Waals surface area contributed by atoms with Crippen LogP contribution < -0.4 is 5.32 Å². The van der Waals surface area contributed by atoms with Gasteiger partial charge in [0.15, 0.2) is 0 Å². The van der Waals surface area contributed by atoms with Gasteiger partial charge in [-0.1, -0.05) is 29.8 Å². The minimum atomic E-state index is 0.629. The SMILES string of the molecule is Cc1nn(C)c(CNc2ccc(-c3cn4ccccc4n3)cc2)c1Cl. The maximum absolute atomic E-state index is 6.29. The first-order valence-corrected chi connectivity index (χ1v) is 8.45. The molecule has 0 unspecified atom stereocenters. The van der Waals surface area contributed by atoms with Gasteiger partial charge in [0.2, 0.25) is 0 Å². The molecule has 6 heteroatoms. The van der Waals surface area contributed by atoms with Crippen LogP contribution in [0.25, 0.3) is 16.9 Å².